The molecule has 1 atom stereocenters. The molecule has 2 nitrogen and oxygen atoms in total. The van der Waals surface area contributed by atoms with Crippen LogP contribution in [0.15, 0.2) is 12.1 Å². The van der Waals surface area contributed by atoms with Gasteiger partial charge < -0.3 is 10.2 Å². The summed E-state index contributed by atoms with van der Waals surface area (Å²) in [4.78, 5) is 0. The number of hydrogen-bond donors (Lipinski definition) is 2. The van der Waals surface area contributed by atoms with Crippen LogP contribution in [-0.2, 0) is 5.41 Å². The molecule has 0 aliphatic rings. The molecule has 0 radical (unpaired) electrons. The summed E-state index contributed by atoms with van der Waals surface area (Å²) in [5, 5.41) is 19.7. The maximum Gasteiger partial charge on any atom is 0.139 e. The molecule has 0 saturated carbocycles. The van der Waals surface area contributed by atoms with E-state index in [1.807, 2.05) is 33.8 Å². The Balaban J connectivity index is 3.33. The number of benzene rings is 1. The second-order valence-electron chi connectivity index (χ2n) is 4.93. The molecule has 2 N–H and O–H groups in total. The van der Waals surface area contributed by atoms with Crippen LogP contribution in [0.5, 0.6) is 5.75 Å². The largest absolute Gasteiger partial charge is 0.507 e. The highest BCUT2D eigenvalue weighted by molar-refractivity contribution is 8.21. The predicted octanol–water partition coefficient (Wildman–Crippen LogP) is 3.88. The van der Waals surface area contributed by atoms with E-state index in [1.165, 1.54) is 0 Å². The van der Waals surface area contributed by atoms with Crippen LogP contribution in [0, 0.1) is 6.92 Å². The average molecular weight is 261 g/mol. The molecule has 16 heavy (non-hydrogen) atoms. The van der Waals surface area contributed by atoms with Gasteiger partial charge in [-0.3, -0.25) is 0 Å². The van der Waals surface area contributed by atoms with E-state index in [9.17, 15) is 10.2 Å². The van der Waals surface area contributed by atoms with Gasteiger partial charge in [-0.25, -0.2) is 0 Å². The Kier molecular flexibility index (Phi) is 4.16. The van der Waals surface area contributed by atoms with E-state index in [2.05, 4.69) is 0 Å². The van der Waals surface area contributed by atoms with E-state index in [0.29, 0.717) is 5.75 Å². The Hall–Kier alpha value is -0.380. The van der Waals surface area contributed by atoms with Gasteiger partial charge in [0.1, 0.15) is 11.2 Å². The van der Waals surface area contributed by atoms with E-state index in [0.717, 1.165) is 27.7 Å². The predicted molar refractivity (Wildman–Crippen MR) is 69.9 cm³/mol. The van der Waals surface area contributed by atoms with Crippen molar-refractivity contribution in [3.63, 3.8) is 0 Å². The molecule has 0 amide bonds. The zero-order valence-corrected chi connectivity index (χ0v) is 11.5. The average Bonchev–Trinajstić information content (AvgIpc) is 2.18. The van der Waals surface area contributed by atoms with Crippen LogP contribution in [0.1, 0.15) is 42.9 Å². The number of halogens is 1. The van der Waals surface area contributed by atoms with Crippen molar-refractivity contribution in [2.75, 3.05) is 0 Å². The lowest BCUT2D eigenvalue weighted by Gasteiger charge is -2.23. The molecule has 1 aromatic carbocycles. The number of aliphatic hydroxyl groups is 1. The highest BCUT2D eigenvalue weighted by atomic mass is 35.7. The SMILES string of the molecule is Cc1cc(C(O)SCl)cc(C(C)(C)C)c1O. The molecule has 0 fully saturated rings. The second kappa shape index (κ2) is 4.86. The first kappa shape index (κ1) is 13.7. The summed E-state index contributed by atoms with van der Waals surface area (Å²) in [7, 11) is 6.41. The van der Waals surface area contributed by atoms with Crippen molar-refractivity contribution in [2.45, 2.75) is 38.5 Å². The van der Waals surface area contributed by atoms with Gasteiger partial charge in [0, 0.05) is 0 Å². The molecule has 0 aliphatic carbocycles. The van der Waals surface area contributed by atoms with Crippen LogP contribution in [-0.4, -0.2) is 10.2 Å². The summed E-state index contributed by atoms with van der Waals surface area (Å²) >= 11 is 0. The van der Waals surface area contributed by atoms with Crippen molar-refractivity contribution in [3.8, 4) is 5.75 Å². The van der Waals surface area contributed by atoms with E-state index in [4.69, 9.17) is 10.7 Å². The molecule has 0 saturated heterocycles. The molecular formula is C12H17ClO2S. The quantitative estimate of drug-likeness (QED) is 0.793. The number of rotatable bonds is 2. The molecule has 1 aromatic rings. The van der Waals surface area contributed by atoms with Crippen LogP contribution < -0.4 is 0 Å². The minimum atomic E-state index is -0.762. The summed E-state index contributed by atoms with van der Waals surface area (Å²) in [5.41, 5.74) is 1.38. The van der Waals surface area contributed by atoms with Gasteiger partial charge in [0.05, 0.1) is 0 Å². The lowest BCUT2D eigenvalue weighted by atomic mass is 9.84. The Labute approximate surface area is 105 Å². The fourth-order valence-corrected chi connectivity index (χ4v) is 2.12. The Morgan fingerprint density at radius 3 is 2.31 bits per heavy atom. The number of hydrogen-bond acceptors (Lipinski definition) is 3. The monoisotopic (exact) mass is 260 g/mol. The fraction of sp³-hybridized carbons (Fsp3) is 0.500. The summed E-state index contributed by atoms with van der Waals surface area (Å²) in [6.45, 7) is 7.88. The molecule has 4 heteroatoms. The molecule has 0 bridgehead atoms. The first-order valence-electron chi connectivity index (χ1n) is 5.07. The molecule has 1 unspecified atom stereocenters. The topological polar surface area (TPSA) is 40.5 Å². The van der Waals surface area contributed by atoms with Gasteiger partial charge in [0.15, 0.2) is 0 Å². The van der Waals surface area contributed by atoms with Crippen LogP contribution in [0.3, 0.4) is 0 Å². The van der Waals surface area contributed by atoms with Crippen molar-refractivity contribution in [1.29, 1.82) is 0 Å². The van der Waals surface area contributed by atoms with Gasteiger partial charge in [-0.15, -0.1) is 0 Å². The number of aryl methyl sites for hydroxylation is 1. The molecule has 1 rings (SSSR count). The lowest BCUT2D eigenvalue weighted by molar-refractivity contribution is 0.271. The van der Waals surface area contributed by atoms with Crippen molar-refractivity contribution < 1.29 is 10.2 Å². The van der Waals surface area contributed by atoms with Crippen LogP contribution in [0.25, 0.3) is 0 Å². The van der Waals surface area contributed by atoms with Crippen molar-refractivity contribution in [2.24, 2.45) is 0 Å². The molecule has 0 aromatic heterocycles. The van der Waals surface area contributed by atoms with Gasteiger partial charge in [-0.05, 0) is 62.8 Å². The van der Waals surface area contributed by atoms with Gasteiger partial charge in [-0.2, -0.15) is 0 Å². The minimum absolute atomic E-state index is 0.165. The third kappa shape index (κ3) is 2.84. The molecule has 90 valence electrons. The molecule has 0 aliphatic heterocycles. The number of phenolic OH excluding ortho intramolecular Hbond substituents is 1. The highest BCUT2D eigenvalue weighted by Crippen LogP contribution is 2.38. The summed E-state index contributed by atoms with van der Waals surface area (Å²) in [5.74, 6) is 0.294. The van der Waals surface area contributed by atoms with Crippen molar-refractivity contribution >= 4 is 21.7 Å². The third-order valence-electron chi connectivity index (χ3n) is 2.50. The van der Waals surface area contributed by atoms with Crippen LogP contribution in [0.2, 0.25) is 0 Å². The van der Waals surface area contributed by atoms with Gasteiger partial charge in [-0.1, -0.05) is 20.8 Å². The summed E-state index contributed by atoms with van der Waals surface area (Å²) in [6, 6.07) is 3.56. The van der Waals surface area contributed by atoms with Gasteiger partial charge >= 0.3 is 0 Å². The maximum atomic E-state index is 9.99. The molecule has 0 spiro atoms. The highest BCUT2D eigenvalue weighted by Gasteiger charge is 2.21. The number of phenols is 1. The standard InChI is InChI=1S/C12H17ClO2S/c1-7-5-8(11(15)16-13)6-9(10(7)14)12(2,3)4/h5-6,11,14-15H,1-4H3. The molecular weight excluding hydrogens is 244 g/mol. The third-order valence-corrected chi connectivity index (χ3v) is 3.45. The van der Waals surface area contributed by atoms with Crippen LogP contribution in [0.4, 0.5) is 0 Å². The van der Waals surface area contributed by atoms with Gasteiger partial charge in [0.2, 0.25) is 0 Å². The maximum absolute atomic E-state index is 9.99. The zero-order chi connectivity index (χ0) is 12.5. The van der Waals surface area contributed by atoms with E-state index < -0.39 is 5.44 Å². The smallest absolute Gasteiger partial charge is 0.139 e. The summed E-state index contributed by atoms with van der Waals surface area (Å²) < 4.78 is 0. The Morgan fingerprint density at radius 1 is 1.31 bits per heavy atom. The van der Waals surface area contributed by atoms with E-state index in [1.54, 1.807) is 6.07 Å². The normalized spacial score (nSPS) is 13.9. The minimum Gasteiger partial charge on any atom is -0.507 e. The fourth-order valence-electron chi connectivity index (χ4n) is 1.57. The van der Waals surface area contributed by atoms with Crippen molar-refractivity contribution in [3.05, 3.63) is 28.8 Å². The first-order chi connectivity index (χ1) is 7.27. The Morgan fingerprint density at radius 2 is 1.88 bits per heavy atom. The van der Waals surface area contributed by atoms with E-state index >= 15 is 0 Å². The zero-order valence-electron chi connectivity index (χ0n) is 9.91. The van der Waals surface area contributed by atoms with Crippen molar-refractivity contribution in [1.82, 2.24) is 0 Å². The van der Waals surface area contributed by atoms with Crippen LogP contribution >= 0.6 is 21.7 Å². The van der Waals surface area contributed by atoms with Gasteiger partial charge in [0.25, 0.3) is 0 Å². The number of aliphatic hydroxyl groups excluding tert-OH is 1. The first-order valence-corrected chi connectivity index (χ1v) is 6.77. The molecule has 0 heterocycles. The van der Waals surface area contributed by atoms with E-state index in [-0.39, 0.29) is 5.41 Å². The second-order valence-corrected chi connectivity index (χ2v) is 6.08. The summed E-state index contributed by atoms with van der Waals surface area (Å²) in [6.07, 6.45) is 0. The Bertz CT molecular complexity index is 385. The lowest BCUT2D eigenvalue weighted by Crippen LogP contribution is -2.12. The number of aromatic hydroxyl groups is 1.